The third-order valence-corrected chi connectivity index (χ3v) is 5.20. The van der Waals surface area contributed by atoms with Gasteiger partial charge >= 0.3 is 5.69 Å². The first-order chi connectivity index (χ1) is 13.0. The van der Waals surface area contributed by atoms with Crippen molar-refractivity contribution in [1.29, 1.82) is 0 Å². The summed E-state index contributed by atoms with van der Waals surface area (Å²) in [7, 11) is 1.42. The van der Waals surface area contributed by atoms with Crippen LogP contribution in [0.2, 0.25) is 10.0 Å². The highest BCUT2D eigenvalue weighted by molar-refractivity contribution is 6.43. The summed E-state index contributed by atoms with van der Waals surface area (Å²) in [6.07, 6.45) is 0. The van der Waals surface area contributed by atoms with Gasteiger partial charge in [-0.3, -0.25) is 14.3 Å². The Morgan fingerprint density at radius 3 is 2.52 bits per heavy atom. The molecule has 0 aliphatic rings. The van der Waals surface area contributed by atoms with Crippen molar-refractivity contribution in [3.8, 4) is 11.3 Å². The highest BCUT2D eigenvalue weighted by Crippen LogP contribution is 2.35. The van der Waals surface area contributed by atoms with Crippen molar-refractivity contribution in [3.05, 3.63) is 85.0 Å². The molecule has 0 amide bonds. The molecule has 0 aliphatic carbocycles. The lowest BCUT2D eigenvalue weighted by molar-refractivity contribution is 0.698. The van der Waals surface area contributed by atoms with Gasteiger partial charge in [0.15, 0.2) is 0 Å². The van der Waals surface area contributed by atoms with Crippen LogP contribution in [0, 0.1) is 0 Å². The van der Waals surface area contributed by atoms with Crippen molar-refractivity contribution < 1.29 is 0 Å². The molecule has 0 fully saturated rings. The van der Waals surface area contributed by atoms with E-state index in [-0.39, 0.29) is 5.39 Å². The van der Waals surface area contributed by atoms with Crippen LogP contribution >= 0.6 is 23.2 Å². The molecular formula is C19H14Cl2N4O2. The second-order valence-corrected chi connectivity index (χ2v) is 6.90. The zero-order valence-corrected chi connectivity index (χ0v) is 15.8. The molecule has 8 heteroatoms. The normalized spacial score (nSPS) is 11.2. The second-order valence-electron chi connectivity index (χ2n) is 6.11. The van der Waals surface area contributed by atoms with Crippen LogP contribution in [0.4, 0.5) is 0 Å². The molecule has 2 heterocycles. The van der Waals surface area contributed by atoms with Crippen molar-refractivity contribution >= 4 is 34.2 Å². The van der Waals surface area contributed by atoms with E-state index in [4.69, 9.17) is 23.2 Å². The van der Waals surface area contributed by atoms with Gasteiger partial charge in [0, 0.05) is 12.6 Å². The Bertz CT molecular complexity index is 1270. The lowest BCUT2D eigenvalue weighted by atomic mass is 10.1. The average Bonchev–Trinajstić information content (AvgIpc) is 3.01. The minimum absolute atomic E-state index is 0.289. The van der Waals surface area contributed by atoms with Crippen molar-refractivity contribution in [2.24, 2.45) is 7.05 Å². The van der Waals surface area contributed by atoms with Gasteiger partial charge < -0.3 is 0 Å². The van der Waals surface area contributed by atoms with E-state index in [2.05, 4.69) is 10.1 Å². The highest BCUT2D eigenvalue weighted by Gasteiger charge is 2.21. The molecule has 0 aliphatic heterocycles. The predicted octanol–water partition coefficient (Wildman–Crippen LogP) is 3.45. The number of hydrogen-bond donors (Lipinski definition) is 1. The van der Waals surface area contributed by atoms with E-state index >= 15 is 0 Å². The number of hydrogen-bond acceptors (Lipinski definition) is 3. The average molecular weight is 401 g/mol. The molecule has 1 N–H and O–H groups in total. The minimum Gasteiger partial charge on any atom is -0.291 e. The summed E-state index contributed by atoms with van der Waals surface area (Å²) in [5.74, 6) is 0. The number of aromatic nitrogens is 4. The molecule has 0 unspecified atom stereocenters. The molecular weight excluding hydrogens is 387 g/mol. The number of benzene rings is 2. The summed E-state index contributed by atoms with van der Waals surface area (Å²) in [5.41, 5.74) is 1.28. The second kappa shape index (κ2) is 6.72. The van der Waals surface area contributed by atoms with E-state index in [0.29, 0.717) is 33.5 Å². The zero-order valence-electron chi connectivity index (χ0n) is 14.2. The maximum Gasteiger partial charge on any atom is 0.329 e. The maximum atomic E-state index is 12.8. The van der Waals surface area contributed by atoms with Gasteiger partial charge in [-0.2, -0.15) is 5.10 Å². The summed E-state index contributed by atoms with van der Waals surface area (Å²) in [6.45, 7) is 0.388. The van der Waals surface area contributed by atoms with Crippen LogP contribution in [-0.4, -0.2) is 19.3 Å². The number of fused-ring (bicyclic) bond motifs is 1. The van der Waals surface area contributed by atoms with Crippen LogP contribution in [0.1, 0.15) is 5.56 Å². The van der Waals surface area contributed by atoms with Gasteiger partial charge in [-0.1, -0.05) is 65.7 Å². The quantitative estimate of drug-likeness (QED) is 0.572. The third kappa shape index (κ3) is 2.97. The van der Waals surface area contributed by atoms with Gasteiger partial charge in [-0.15, -0.1) is 0 Å². The number of H-pyrrole nitrogens is 1. The maximum absolute atomic E-state index is 12.8. The molecule has 6 nitrogen and oxygen atoms in total. The topological polar surface area (TPSA) is 72.7 Å². The number of nitrogens with one attached hydrogen (secondary N) is 1. The Hall–Kier alpha value is -2.83. The first-order valence-corrected chi connectivity index (χ1v) is 8.91. The molecule has 0 atom stereocenters. The van der Waals surface area contributed by atoms with Crippen LogP contribution in [0.15, 0.2) is 58.1 Å². The molecule has 2 aromatic heterocycles. The van der Waals surface area contributed by atoms with Crippen LogP contribution in [0.25, 0.3) is 22.3 Å². The van der Waals surface area contributed by atoms with E-state index in [1.54, 1.807) is 22.9 Å². The van der Waals surface area contributed by atoms with Crippen LogP contribution in [-0.2, 0) is 13.6 Å². The molecule has 0 saturated heterocycles. The first kappa shape index (κ1) is 17.6. The molecule has 0 spiro atoms. The fourth-order valence-electron chi connectivity index (χ4n) is 2.98. The Morgan fingerprint density at radius 2 is 1.78 bits per heavy atom. The van der Waals surface area contributed by atoms with Gasteiger partial charge in [0.1, 0.15) is 16.7 Å². The van der Waals surface area contributed by atoms with Crippen molar-refractivity contribution in [3.63, 3.8) is 0 Å². The van der Waals surface area contributed by atoms with E-state index in [1.807, 2.05) is 30.3 Å². The zero-order chi connectivity index (χ0) is 19.1. The first-order valence-electron chi connectivity index (χ1n) is 8.15. The smallest absolute Gasteiger partial charge is 0.291 e. The molecule has 2 aromatic carbocycles. The van der Waals surface area contributed by atoms with E-state index in [9.17, 15) is 9.59 Å². The molecule has 0 radical (unpaired) electrons. The Labute approximate surface area is 163 Å². The molecule has 4 aromatic rings. The largest absolute Gasteiger partial charge is 0.329 e. The third-order valence-electron chi connectivity index (χ3n) is 4.38. The predicted molar refractivity (Wildman–Crippen MR) is 107 cm³/mol. The standard InChI is InChI=1S/C19H14Cl2N4O2/c1-24-18(26)14-16(12-8-5-9-13(20)15(12)21)23-25(17(14)22-19(24)27)10-11-6-3-2-4-7-11/h2-9H,10H2,1H3,(H,22,27). The lowest BCUT2D eigenvalue weighted by Crippen LogP contribution is -2.32. The number of rotatable bonds is 3. The van der Waals surface area contributed by atoms with E-state index < -0.39 is 11.2 Å². The van der Waals surface area contributed by atoms with Gasteiger partial charge in [-0.05, 0) is 11.6 Å². The monoisotopic (exact) mass is 400 g/mol. The van der Waals surface area contributed by atoms with E-state index in [1.165, 1.54) is 7.05 Å². The van der Waals surface area contributed by atoms with Crippen LogP contribution in [0.5, 0.6) is 0 Å². The highest BCUT2D eigenvalue weighted by atomic mass is 35.5. The Kier molecular flexibility index (Phi) is 4.37. The van der Waals surface area contributed by atoms with Gasteiger partial charge in [0.2, 0.25) is 0 Å². The minimum atomic E-state index is -0.509. The fourth-order valence-corrected chi connectivity index (χ4v) is 3.37. The summed E-state index contributed by atoms with van der Waals surface area (Å²) in [6, 6.07) is 14.8. The van der Waals surface area contributed by atoms with Gasteiger partial charge in [0.05, 0.1) is 16.6 Å². The SMILES string of the molecule is Cn1c(=O)[nH]c2c(c(-c3cccc(Cl)c3Cl)nn2Cc2ccccc2)c1=O. The van der Waals surface area contributed by atoms with Crippen molar-refractivity contribution in [2.45, 2.75) is 6.54 Å². The fraction of sp³-hybridized carbons (Fsp3) is 0.105. The lowest BCUT2D eigenvalue weighted by Gasteiger charge is -2.04. The van der Waals surface area contributed by atoms with Crippen molar-refractivity contribution in [2.75, 3.05) is 0 Å². The number of aromatic amines is 1. The van der Waals surface area contributed by atoms with Crippen LogP contribution < -0.4 is 11.2 Å². The summed E-state index contributed by atoms with van der Waals surface area (Å²) in [4.78, 5) is 27.7. The van der Waals surface area contributed by atoms with E-state index in [0.717, 1.165) is 10.1 Å². The molecule has 0 bridgehead atoms. The van der Waals surface area contributed by atoms with Gasteiger partial charge in [0.25, 0.3) is 5.56 Å². The molecule has 0 saturated carbocycles. The molecule has 27 heavy (non-hydrogen) atoms. The molecule has 4 rings (SSSR count). The van der Waals surface area contributed by atoms with Gasteiger partial charge in [-0.25, -0.2) is 9.48 Å². The Morgan fingerprint density at radius 1 is 1.04 bits per heavy atom. The summed E-state index contributed by atoms with van der Waals surface area (Å²) >= 11 is 12.5. The van der Waals surface area contributed by atoms with Crippen LogP contribution in [0.3, 0.4) is 0 Å². The summed E-state index contributed by atoms with van der Waals surface area (Å²) < 4.78 is 2.61. The van der Waals surface area contributed by atoms with Crippen molar-refractivity contribution in [1.82, 2.24) is 19.3 Å². The Balaban J connectivity index is 2.05. The summed E-state index contributed by atoms with van der Waals surface area (Å²) in [5, 5.41) is 5.55. The molecule has 136 valence electrons. The number of halogens is 2. The number of nitrogens with zero attached hydrogens (tertiary/aromatic N) is 3.